The minimum absolute atomic E-state index is 0.239. The Balaban J connectivity index is 1.84. The highest BCUT2D eigenvalue weighted by molar-refractivity contribution is 5.32. The second-order valence-corrected chi connectivity index (χ2v) is 6.12. The van der Waals surface area contributed by atoms with Crippen LogP contribution in [0.25, 0.3) is 0 Å². The maximum absolute atomic E-state index is 4.40. The molecule has 0 aliphatic rings. The van der Waals surface area contributed by atoms with Crippen LogP contribution in [-0.4, -0.2) is 28.5 Å². The quantitative estimate of drug-likeness (QED) is 0.678. The third kappa shape index (κ3) is 3.87. The smallest absolute Gasteiger partial charge is 0.115 e. The lowest BCUT2D eigenvalue weighted by atomic mass is 9.90. The third-order valence-electron chi connectivity index (χ3n) is 4.57. The first-order chi connectivity index (χ1) is 11.8. The number of nitrogens with zero attached hydrogens (tertiary/aromatic N) is 3. The molecule has 0 spiro atoms. The lowest BCUT2D eigenvalue weighted by molar-refractivity contribution is 0.249. The average Bonchev–Trinajstić information content (AvgIpc) is 2.67. The summed E-state index contributed by atoms with van der Waals surface area (Å²) < 4.78 is 0. The van der Waals surface area contributed by atoms with Gasteiger partial charge in [0.05, 0.1) is 5.69 Å². The second-order valence-electron chi connectivity index (χ2n) is 6.12. The van der Waals surface area contributed by atoms with Gasteiger partial charge in [0.2, 0.25) is 0 Å². The molecule has 3 rings (SSSR count). The predicted octanol–water partition coefficient (Wildman–Crippen LogP) is 4.30. The summed E-state index contributed by atoms with van der Waals surface area (Å²) in [6.07, 6.45) is 3.42. The van der Waals surface area contributed by atoms with Crippen LogP contribution in [0, 0.1) is 0 Å². The van der Waals surface area contributed by atoms with E-state index in [2.05, 4.69) is 89.5 Å². The van der Waals surface area contributed by atoms with Gasteiger partial charge in [-0.1, -0.05) is 60.7 Å². The molecule has 3 aromatic rings. The first-order valence-corrected chi connectivity index (χ1v) is 8.31. The van der Waals surface area contributed by atoms with Crippen LogP contribution in [0.1, 0.15) is 35.7 Å². The first-order valence-electron chi connectivity index (χ1n) is 8.31. The predicted molar refractivity (Wildman–Crippen MR) is 97.8 cm³/mol. The Morgan fingerprint density at radius 1 is 0.875 bits per heavy atom. The topological polar surface area (TPSA) is 29.0 Å². The fraction of sp³-hybridized carbons (Fsp3) is 0.238. The second kappa shape index (κ2) is 7.84. The molecule has 0 amide bonds. The summed E-state index contributed by atoms with van der Waals surface area (Å²) >= 11 is 0. The van der Waals surface area contributed by atoms with Crippen LogP contribution in [0.5, 0.6) is 0 Å². The van der Waals surface area contributed by atoms with Gasteiger partial charge in [-0.3, -0.25) is 4.90 Å². The average molecular weight is 317 g/mol. The molecule has 1 aromatic heterocycles. The van der Waals surface area contributed by atoms with Crippen LogP contribution in [0.3, 0.4) is 0 Å². The van der Waals surface area contributed by atoms with E-state index in [1.54, 1.807) is 12.5 Å². The fourth-order valence-corrected chi connectivity index (χ4v) is 2.99. The van der Waals surface area contributed by atoms with E-state index in [1.807, 2.05) is 6.07 Å². The zero-order valence-corrected chi connectivity index (χ0v) is 14.2. The van der Waals surface area contributed by atoms with Crippen molar-refractivity contribution in [3.63, 3.8) is 0 Å². The summed E-state index contributed by atoms with van der Waals surface area (Å²) in [6, 6.07) is 23.6. The minimum atomic E-state index is 0.239. The Morgan fingerprint density at radius 3 is 1.96 bits per heavy atom. The van der Waals surface area contributed by atoms with Crippen molar-refractivity contribution >= 4 is 0 Å². The van der Waals surface area contributed by atoms with E-state index in [4.69, 9.17) is 0 Å². The van der Waals surface area contributed by atoms with Crippen molar-refractivity contribution in [2.75, 3.05) is 13.6 Å². The molecule has 24 heavy (non-hydrogen) atoms. The van der Waals surface area contributed by atoms with Gasteiger partial charge >= 0.3 is 0 Å². The van der Waals surface area contributed by atoms with Crippen LogP contribution >= 0.6 is 0 Å². The molecule has 0 N–H and O–H groups in total. The Labute approximate surface area is 144 Å². The maximum atomic E-state index is 4.40. The summed E-state index contributed by atoms with van der Waals surface area (Å²) in [6.45, 7) is 3.12. The van der Waals surface area contributed by atoms with E-state index >= 15 is 0 Å². The standard InChI is InChI=1S/C21H23N3/c1-17(21-13-14-22-16-23-21)24(2)15-20(18-9-5-3-6-10-18)19-11-7-4-8-12-19/h3-14,16-17,20H,15H2,1-2H3. The highest BCUT2D eigenvalue weighted by atomic mass is 15.1. The molecule has 0 bridgehead atoms. The zero-order chi connectivity index (χ0) is 16.8. The van der Waals surface area contributed by atoms with Crippen molar-refractivity contribution < 1.29 is 0 Å². The summed E-state index contributed by atoms with van der Waals surface area (Å²) in [7, 11) is 2.16. The van der Waals surface area contributed by atoms with Crippen LogP contribution in [-0.2, 0) is 0 Å². The number of likely N-dealkylation sites (N-methyl/N-ethyl adjacent to an activating group) is 1. The van der Waals surface area contributed by atoms with Crippen LogP contribution in [0.4, 0.5) is 0 Å². The summed E-state index contributed by atoms with van der Waals surface area (Å²) in [5, 5.41) is 0. The van der Waals surface area contributed by atoms with Crippen molar-refractivity contribution in [3.05, 3.63) is 96.1 Å². The molecule has 1 unspecified atom stereocenters. The number of rotatable bonds is 6. The maximum Gasteiger partial charge on any atom is 0.115 e. The molecular weight excluding hydrogens is 294 g/mol. The Kier molecular flexibility index (Phi) is 5.34. The van der Waals surface area contributed by atoms with Crippen LogP contribution in [0.15, 0.2) is 79.3 Å². The molecular formula is C21H23N3. The van der Waals surface area contributed by atoms with E-state index in [1.165, 1.54) is 11.1 Å². The normalized spacial score (nSPS) is 12.5. The van der Waals surface area contributed by atoms with Crippen molar-refractivity contribution in [2.24, 2.45) is 0 Å². The van der Waals surface area contributed by atoms with Gasteiger partial charge in [-0.2, -0.15) is 0 Å². The van der Waals surface area contributed by atoms with Gasteiger partial charge in [-0.05, 0) is 31.2 Å². The van der Waals surface area contributed by atoms with Gasteiger partial charge < -0.3 is 0 Å². The van der Waals surface area contributed by atoms with E-state index in [0.29, 0.717) is 5.92 Å². The van der Waals surface area contributed by atoms with E-state index in [0.717, 1.165) is 12.2 Å². The molecule has 122 valence electrons. The van der Waals surface area contributed by atoms with Crippen molar-refractivity contribution in [1.29, 1.82) is 0 Å². The van der Waals surface area contributed by atoms with Gasteiger partial charge in [0, 0.05) is 24.7 Å². The van der Waals surface area contributed by atoms with Crippen molar-refractivity contribution in [1.82, 2.24) is 14.9 Å². The van der Waals surface area contributed by atoms with Gasteiger partial charge in [0.1, 0.15) is 6.33 Å². The highest BCUT2D eigenvalue weighted by Gasteiger charge is 2.20. The lowest BCUT2D eigenvalue weighted by Gasteiger charge is -2.29. The minimum Gasteiger partial charge on any atom is -0.297 e. The molecule has 0 aliphatic carbocycles. The van der Waals surface area contributed by atoms with Crippen molar-refractivity contribution in [3.8, 4) is 0 Å². The molecule has 0 aliphatic heterocycles. The zero-order valence-electron chi connectivity index (χ0n) is 14.2. The molecule has 3 heteroatoms. The monoisotopic (exact) mass is 317 g/mol. The lowest BCUT2D eigenvalue weighted by Crippen LogP contribution is -2.28. The SMILES string of the molecule is CC(c1ccncn1)N(C)CC(c1ccccc1)c1ccccc1. The number of hydrogen-bond acceptors (Lipinski definition) is 3. The van der Waals surface area contributed by atoms with E-state index in [9.17, 15) is 0 Å². The summed E-state index contributed by atoms with van der Waals surface area (Å²) in [4.78, 5) is 10.8. The summed E-state index contributed by atoms with van der Waals surface area (Å²) in [5.74, 6) is 0.335. The molecule has 0 saturated heterocycles. The van der Waals surface area contributed by atoms with Gasteiger partial charge in [-0.25, -0.2) is 9.97 Å². The first kappa shape index (κ1) is 16.3. The largest absolute Gasteiger partial charge is 0.297 e. The summed E-state index contributed by atoms with van der Waals surface area (Å²) in [5.41, 5.74) is 3.73. The van der Waals surface area contributed by atoms with Crippen LogP contribution in [0.2, 0.25) is 0 Å². The molecule has 2 aromatic carbocycles. The third-order valence-corrected chi connectivity index (χ3v) is 4.57. The van der Waals surface area contributed by atoms with Crippen LogP contribution < -0.4 is 0 Å². The Morgan fingerprint density at radius 2 is 1.46 bits per heavy atom. The molecule has 1 heterocycles. The van der Waals surface area contributed by atoms with Gasteiger partial charge in [0.15, 0.2) is 0 Å². The van der Waals surface area contributed by atoms with Gasteiger partial charge in [-0.15, -0.1) is 0 Å². The van der Waals surface area contributed by atoms with E-state index < -0.39 is 0 Å². The van der Waals surface area contributed by atoms with E-state index in [-0.39, 0.29) is 6.04 Å². The number of benzene rings is 2. The molecule has 0 saturated carbocycles. The number of hydrogen-bond donors (Lipinski definition) is 0. The Bertz CT molecular complexity index is 689. The van der Waals surface area contributed by atoms with Gasteiger partial charge in [0.25, 0.3) is 0 Å². The fourth-order valence-electron chi connectivity index (χ4n) is 2.99. The molecule has 0 fully saturated rings. The highest BCUT2D eigenvalue weighted by Crippen LogP contribution is 2.28. The molecule has 1 atom stereocenters. The van der Waals surface area contributed by atoms with Crippen molar-refractivity contribution in [2.45, 2.75) is 18.9 Å². The Hall–Kier alpha value is -2.52. The molecule has 0 radical (unpaired) electrons. The number of aromatic nitrogens is 2. The molecule has 3 nitrogen and oxygen atoms in total.